The second-order valence-corrected chi connectivity index (χ2v) is 8.29. The van der Waals surface area contributed by atoms with Gasteiger partial charge >= 0.3 is 11.9 Å². The quantitative estimate of drug-likeness (QED) is 0.185. The third-order valence-electron chi connectivity index (χ3n) is 4.33. The van der Waals surface area contributed by atoms with E-state index in [9.17, 15) is 18.0 Å². The fourth-order valence-electron chi connectivity index (χ4n) is 2.99. The van der Waals surface area contributed by atoms with Crippen LogP contribution in [0.15, 0.2) is 34.3 Å². The number of hydrogen-bond acceptors (Lipinski definition) is 10. The van der Waals surface area contributed by atoms with Crippen LogP contribution in [0.4, 0.5) is 0 Å². The first-order valence-electron chi connectivity index (χ1n) is 9.12. The Morgan fingerprint density at radius 3 is 2.23 bits per heavy atom. The van der Waals surface area contributed by atoms with Gasteiger partial charge in [-0.3, -0.25) is 13.8 Å². The Kier molecular flexibility index (Phi) is 8.36. The van der Waals surface area contributed by atoms with E-state index in [4.69, 9.17) is 28.7 Å². The molecule has 1 aliphatic rings. The van der Waals surface area contributed by atoms with Crippen LogP contribution in [-0.4, -0.2) is 64.7 Å². The van der Waals surface area contributed by atoms with Crippen molar-refractivity contribution in [2.75, 3.05) is 13.7 Å². The molecule has 31 heavy (non-hydrogen) atoms. The third-order valence-corrected chi connectivity index (χ3v) is 5.63. The van der Waals surface area contributed by atoms with Crippen LogP contribution in [0, 0.1) is 6.92 Å². The first kappa shape index (κ1) is 24.6. The molecule has 1 aromatic carbocycles. The third kappa shape index (κ3) is 6.39. The van der Waals surface area contributed by atoms with Crippen LogP contribution < -0.4 is 0 Å². The van der Waals surface area contributed by atoms with Crippen LogP contribution in [0.5, 0.6) is 0 Å². The summed E-state index contributed by atoms with van der Waals surface area (Å²) < 4.78 is 51.4. The van der Waals surface area contributed by atoms with Crippen LogP contribution in [0.3, 0.4) is 0 Å². The number of hydrogen-bond donors (Lipinski definition) is 0. The van der Waals surface area contributed by atoms with E-state index in [1.54, 1.807) is 19.1 Å². The average molecular weight is 457 g/mol. The number of aryl methyl sites for hydroxylation is 1. The molecule has 1 aliphatic heterocycles. The van der Waals surface area contributed by atoms with E-state index in [2.05, 4.69) is 10.0 Å². The molecule has 12 nitrogen and oxygen atoms in total. The Hall–Kier alpha value is -2.70. The molecule has 0 saturated carbocycles. The fraction of sp³-hybridized carbons (Fsp3) is 0.556. The van der Waals surface area contributed by atoms with Gasteiger partial charge < -0.3 is 18.9 Å². The predicted octanol–water partition coefficient (Wildman–Crippen LogP) is 1.61. The topological polar surface area (TPSA) is 163 Å². The molecule has 2 rings (SSSR count). The van der Waals surface area contributed by atoms with Crippen LogP contribution in [0.25, 0.3) is 10.4 Å². The van der Waals surface area contributed by atoms with Crippen molar-refractivity contribution < 1.29 is 41.1 Å². The Labute approximate surface area is 179 Å². The van der Waals surface area contributed by atoms with Crippen LogP contribution in [-0.2, 0) is 42.8 Å². The summed E-state index contributed by atoms with van der Waals surface area (Å²) in [5.41, 5.74) is 9.73. The second kappa shape index (κ2) is 10.6. The number of azide groups is 1. The highest BCUT2D eigenvalue weighted by molar-refractivity contribution is 7.86. The van der Waals surface area contributed by atoms with Gasteiger partial charge in [0.2, 0.25) is 0 Å². The van der Waals surface area contributed by atoms with Gasteiger partial charge in [0.15, 0.2) is 18.5 Å². The van der Waals surface area contributed by atoms with E-state index >= 15 is 0 Å². The van der Waals surface area contributed by atoms with Crippen LogP contribution in [0.1, 0.15) is 19.4 Å². The molecule has 1 fully saturated rings. The van der Waals surface area contributed by atoms with E-state index < -0.39 is 59.3 Å². The molecule has 0 bridgehead atoms. The molecule has 5 atom stereocenters. The van der Waals surface area contributed by atoms with Crippen molar-refractivity contribution in [2.45, 2.75) is 56.3 Å². The lowest BCUT2D eigenvalue weighted by Crippen LogP contribution is -2.61. The predicted molar refractivity (Wildman–Crippen MR) is 104 cm³/mol. The highest BCUT2D eigenvalue weighted by Crippen LogP contribution is 2.30. The molecule has 1 aromatic rings. The number of carbonyl (C=O) groups excluding carboxylic acids is 2. The van der Waals surface area contributed by atoms with E-state index in [1.165, 1.54) is 19.2 Å². The number of carbonyl (C=O) groups is 2. The fourth-order valence-corrected chi connectivity index (χ4v) is 3.91. The largest absolute Gasteiger partial charge is 0.458 e. The molecule has 170 valence electrons. The van der Waals surface area contributed by atoms with Crippen molar-refractivity contribution in [3.8, 4) is 0 Å². The van der Waals surface area contributed by atoms with Gasteiger partial charge in [0.1, 0.15) is 12.1 Å². The van der Waals surface area contributed by atoms with Gasteiger partial charge in [-0.15, -0.1) is 0 Å². The van der Waals surface area contributed by atoms with Crippen molar-refractivity contribution in [2.24, 2.45) is 5.11 Å². The molecular weight excluding hydrogens is 434 g/mol. The molecule has 13 heteroatoms. The lowest BCUT2D eigenvalue weighted by molar-refractivity contribution is -0.264. The normalized spacial score (nSPS) is 25.9. The monoisotopic (exact) mass is 457 g/mol. The van der Waals surface area contributed by atoms with Crippen LogP contribution in [0.2, 0.25) is 0 Å². The van der Waals surface area contributed by atoms with Gasteiger partial charge in [0.05, 0.1) is 11.5 Å². The van der Waals surface area contributed by atoms with Gasteiger partial charge in [0, 0.05) is 25.9 Å². The van der Waals surface area contributed by atoms with Crippen LogP contribution >= 0.6 is 0 Å². The molecule has 1 heterocycles. The van der Waals surface area contributed by atoms with Crippen molar-refractivity contribution >= 4 is 22.1 Å². The molecule has 0 radical (unpaired) electrons. The zero-order chi connectivity index (χ0) is 23.2. The average Bonchev–Trinajstić information content (AvgIpc) is 2.69. The molecule has 0 aliphatic carbocycles. The van der Waals surface area contributed by atoms with E-state index in [0.717, 1.165) is 19.4 Å². The molecule has 0 spiro atoms. The SMILES string of the molecule is CO[C@H]1O[C@H](COS(=O)(=O)c2ccc(C)cc2)[C@@H](OC(C)=O)[C@@H](OC(C)=O)[C@@H]1N=[N+]=[N-]. The maximum atomic E-state index is 12.5. The number of ether oxygens (including phenoxy) is 4. The summed E-state index contributed by atoms with van der Waals surface area (Å²) in [5.74, 6) is -1.50. The Morgan fingerprint density at radius 1 is 1.13 bits per heavy atom. The van der Waals surface area contributed by atoms with Gasteiger partial charge in [-0.05, 0) is 24.6 Å². The molecule has 0 unspecified atom stereocenters. The lowest BCUT2D eigenvalue weighted by Gasteiger charge is -2.42. The first-order chi connectivity index (χ1) is 14.6. The zero-order valence-corrected chi connectivity index (χ0v) is 18.1. The van der Waals surface area contributed by atoms with Crippen molar-refractivity contribution in [1.82, 2.24) is 0 Å². The number of nitrogens with zero attached hydrogens (tertiary/aromatic N) is 3. The summed E-state index contributed by atoms with van der Waals surface area (Å²) in [7, 11) is -2.92. The number of esters is 2. The van der Waals surface area contributed by atoms with Crippen molar-refractivity contribution in [1.29, 1.82) is 0 Å². The molecule has 1 saturated heterocycles. The number of benzene rings is 1. The minimum atomic E-state index is -4.17. The summed E-state index contributed by atoms with van der Waals surface area (Å²) in [6.07, 6.45) is -5.06. The molecule has 0 aromatic heterocycles. The molecule has 0 N–H and O–H groups in total. The van der Waals surface area contributed by atoms with Gasteiger partial charge in [0.25, 0.3) is 10.1 Å². The Balaban J connectivity index is 2.33. The van der Waals surface area contributed by atoms with E-state index in [0.29, 0.717) is 0 Å². The smallest absolute Gasteiger partial charge is 0.303 e. The maximum Gasteiger partial charge on any atom is 0.303 e. The molecular formula is C18H23N3O9S. The number of methoxy groups -OCH3 is 1. The highest BCUT2D eigenvalue weighted by atomic mass is 32.2. The summed E-state index contributed by atoms with van der Waals surface area (Å²) >= 11 is 0. The minimum absolute atomic E-state index is 0.0790. The lowest BCUT2D eigenvalue weighted by atomic mass is 9.97. The van der Waals surface area contributed by atoms with Gasteiger partial charge in [-0.2, -0.15) is 8.42 Å². The molecule has 0 amide bonds. The highest BCUT2D eigenvalue weighted by Gasteiger charge is 2.50. The summed E-state index contributed by atoms with van der Waals surface area (Å²) in [4.78, 5) is 25.9. The summed E-state index contributed by atoms with van der Waals surface area (Å²) in [6, 6.07) is 4.78. The van der Waals surface area contributed by atoms with Gasteiger partial charge in [-0.25, -0.2) is 0 Å². The standard InChI is InChI=1S/C18H23N3O9S/c1-10-5-7-13(8-6-10)31(24,25)27-9-14-16(28-11(2)22)17(29-12(3)23)15(20-21-19)18(26-4)30-14/h5-8,14-18H,9H2,1-4H3/t14-,15+,16-,17+,18+/m1/s1. The van der Waals surface area contributed by atoms with Gasteiger partial charge in [-0.1, -0.05) is 22.8 Å². The Morgan fingerprint density at radius 2 is 1.71 bits per heavy atom. The first-order valence-corrected chi connectivity index (χ1v) is 10.5. The zero-order valence-electron chi connectivity index (χ0n) is 17.3. The van der Waals surface area contributed by atoms with Crippen molar-refractivity contribution in [3.05, 3.63) is 40.3 Å². The minimum Gasteiger partial charge on any atom is -0.458 e. The van der Waals surface area contributed by atoms with Crippen molar-refractivity contribution in [3.63, 3.8) is 0 Å². The second-order valence-electron chi connectivity index (χ2n) is 6.67. The Bertz CT molecular complexity index is 945. The number of rotatable bonds is 8. The summed E-state index contributed by atoms with van der Waals surface area (Å²) in [5, 5.41) is 3.53. The summed E-state index contributed by atoms with van der Waals surface area (Å²) in [6.45, 7) is 3.44. The van der Waals surface area contributed by atoms with E-state index in [-0.39, 0.29) is 4.90 Å². The maximum absolute atomic E-state index is 12.5. The van der Waals surface area contributed by atoms with E-state index in [1.807, 2.05) is 0 Å².